The molecule has 1 fully saturated rings. The second kappa shape index (κ2) is 8.67. The zero-order valence-electron chi connectivity index (χ0n) is 16.8. The standard InChI is InChI=1S/C21H22O12/c22-6-13-15(26)17(28)19(30)21(33-13)32-11-3-7(1-2-9(11)24)20-18(29)16(27)14-10(25)4-8(23)5-12(14)31-20/h1-5,13,15,17-26,28-30H,6H2/t13-,15-,17+,18-,19-,20+,21-/m1/s1. The topological polar surface area (TPSA) is 207 Å². The predicted molar refractivity (Wildman–Crippen MR) is 106 cm³/mol. The minimum Gasteiger partial charge on any atom is -0.508 e. The summed E-state index contributed by atoms with van der Waals surface area (Å²) in [6.45, 7) is -0.680. The molecule has 2 aliphatic heterocycles. The Labute approximate surface area is 186 Å². The highest BCUT2D eigenvalue weighted by Gasteiger charge is 2.45. The largest absolute Gasteiger partial charge is 0.508 e. The Morgan fingerprint density at radius 2 is 1.64 bits per heavy atom. The van der Waals surface area contributed by atoms with E-state index in [1.54, 1.807) is 0 Å². The van der Waals surface area contributed by atoms with Crippen molar-refractivity contribution in [2.75, 3.05) is 6.61 Å². The van der Waals surface area contributed by atoms with Gasteiger partial charge in [-0.1, -0.05) is 6.07 Å². The first-order chi connectivity index (χ1) is 15.6. The van der Waals surface area contributed by atoms with Crippen molar-refractivity contribution in [3.8, 4) is 28.7 Å². The molecule has 12 nitrogen and oxygen atoms in total. The van der Waals surface area contributed by atoms with Crippen LogP contribution in [0, 0.1) is 0 Å². The van der Waals surface area contributed by atoms with Crippen LogP contribution in [0.3, 0.4) is 0 Å². The average molecular weight is 466 g/mol. The molecule has 12 heteroatoms. The number of aliphatic hydroxyl groups excluding tert-OH is 5. The van der Waals surface area contributed by atoms with E-state index in [0.29, 0.717) is 0 Å². The van der Waals surface area contributed by atoms with Crippen molar-refractivity contribution in [3.05, 3.63) is 41.5 Å². The van der Waals surface area contributed by atoms with E-state index in [2.05, 4.69) is 0 Å². The van der Waals surface area contributed by atoms with Gasteiger partial charge in [0, 0.05) is 12.1 Å². The summed E-state index contributed by atoms with van der Waals surface area (Å²) in [5, 5.41) is 79.5. The van der Waals surface area contributed by atoms with E-state index in [1.165, 1.54) is 12.1 Å². The van der Waals surface area contributed by atoms with Gasteiger partial charge in [0.2, 0.25) is 12.1 Å². The van der Waals surface area contributed by atoms with Gasteiger partial charge in [-0.15, -0.1) is 0 Å². The molecule has 0 aliphatic carbocycles. The molecule has 0 amide bonds. The van der Waals surface area contributed by atoms with E-state index in [9.17, 15) is 45.6 Å². The van der Waals surface area contributed by atoms with Gasteiger partial charge in [-0.05, 0) is 17.7 Å². The number of phenols is 3. The Hall–Kier alpha value is -3.13. The molecule has 0 saturated carbocycles. The van der Waals surface area contributed by atoms with Gasteiger partial charge < -0.3 is 55.1 Å². The smallest absolute Gasteiger partial charge is 0.229 e. The van der Waals surface area contributed by atoms with Crippen molar-refractivity contribution < 1.29 is 59.9 Å². The number of hydrogen-bond acceptors (Lipinski definition) is 12. The highest BCUT2D eigenvalue weighted by atomic mass is 16.7. The summed E-state index contributed by atoms with van der Waals surface area (Å²) in [6.07, 6.45) is -10.9. The van der Waals surface area contributed by atoms with Gasteiger partial charge in [0.1, 0.15) is 47.2 Å². The van der Waals surface area contributed by atoms with Crippen LogP contribution in [-0.2, 0) is 4.74 Å². The molecule has 0 aromatic heterocycles. The number of ketones is 1. The fourth-order valence-electron chi connectivity index (χ4n) is 3.76. The molecule has 0 unspecified atom stereocenters. The molecule has 0 spiro atoms. The summed E-state index contributed by atoms with van der Waals surface area (Å²) in [7, 11) is 0. The highest BCUT2D eigenvalue weighted by Crippen LogP contribution is 2.43. The van der Waals surface area contributed by atoms with E-state index >= 15 is 0 Å². The van der Waals surface area contributed by atoms with Crippen LogP contribution in [0.4, 0.5) is 0 Å². The third kappa shape index (κ3) is 4.04. The van der Waals surface area contributed by atoms with Crippen LogP contribution < -0.4 is 9.47 Å². The van der Waals surface area contributed by atoms with Gasteiger partial charge in [0.05, 0.1) is 6.61 Å². The van der Waals surface area contributed by atoms with Crippen LogP contribution in [0.25, 0.3) is 0 Å². The molecule has 7 atom stereocenters. The average Bonchev–Trinajstić information content (AvgIpc) is 2.77. The fraction of sp³-hybridized carbons (Fsp3) is 0.381. The molecule has 178 valence electrons. The second-order valence-electron chi connectivity index (χ2n) is 7.73. The molecule has 2 aliphatic rings. The first-order valence-electron chi connectivity index (χ1n) is 9.87. The van der Waals surface area contributed by atoms with Gasteiger partial charge in [-0.25, -0.2) is 0 Å². The van der Waals surface area contributed by atoms with Crippen molar-refractivity contribution in [2.45, 2.75) is 42.9 Å². The molecule has 2 heterocycles. The molecular formula is C21H22O12. The number of ether oxygens (including phenoxy) is 3. The molecule has 4 rings (SSSR count). The zero-order chi connectivity index (χ0) is 24.0. The lowest BCUT2D eigenvalue weighted by atomic mass is 9.92. The number of Topliss-reactive ketones (excluding diaryl/α,β-unsaturated/α-hetero) is 1. The Morgan fingerprint density at radius 3 is 2.33 bits per heavy atom. The van der Waals surface area contributed by atoms with E-state index in [-0.39, 0.29) is 28.4 Å². The summed E-state index contributed by atoms with van der Waals surface area (Å²) in [4.78, 5) is 12.6. The van der Waals surface area contributed by atoms with Crippen LogP contribution in [0.15, 0.2) is 30.3 Å². The van der Waals surface area contributed by atoms with Crippen molar-refractivity contribution in [3.63, 3.8) is 0 Å². The van der Waals surface area contributed by atoms with Crippen LogP contribution in [0.5, 0.6) is 28.7 Å². The van der Waals surface area contributed by atoms with E-state index in [0.717, 1.165) is 18.2 Å². The van der Waals surface area contributed by atoms with Gasteiger partial charge in [-0.3, -0.25) is 4.79 Å². The highest BCUT2D eigenvalue weighted by molar-refractivity contribution is 6.05. The first-order valence-corrected chi connectivity index (χ1v) is 9.87. The normalized spacial score (nSPS) is 31.5. The number of aliphatic hydroxyl groups is 5. The minimum atomic E-state index is -1.75. The van der Waals surface area contributed by atoms with Gasteiger partial charge >= 0.3 is 0 Å². The Balaban J connectivity index is 1.63. The molecular weight excluding hydrogens is 444 g/mol. The van der Waals surface area contributed by atoms with Gasteiger partial charge in [-0.2, -0.15) is 0 Å². The Bertz CT molecular complexity index is 1050. The molecule has 0 bridgehead atoms. The zero-order valence-corrected chi connectivity index (χ0v) is 16.8. The van der Waals surface area contributed by atoms with Crippen LogP contribution >= 0.6 is 0 Å². The Morgan fingerprint density at radius 1 is 0.909 bits per heavy atom. The van der Waals surface area contributed by atoms with Crippen molar-refractivity contribution in [1.82, 2.24) is 0 Å². The summed E-state index contributed by atoms with van der Waals surface area (Å²) in [6, 6.07) is 5.69. The number of carbonyl (C=O) groups is 1. The number of phenolic OH excluding ortho intramolecular Hbond substituents is 3. The van der Waals surface area contributed by atoms with Crippen LogP contribution in [0.1, 0.15) is 22.0 Å². The third-order valence-electron chi connectivity index (χ3n) is 5.53. The van der Waals surface area contributed by atoms with Gasteiger partial charge in [0.25, 0.3) is 0 Å². The molecule has 0 radical (unpaired) electrons. The predicted octanol–water partition coefficient (Wildman–Crippen LogP) is -1.34. The molecule has 33 heavy (non-hydrogen) atoms. The number of aromatic hydroxyl groups is 3. The summed E-state index contributed by atoms with van der Waals surface area (Å²) in [5.74, 6) is -2.68. The summed E-state index contributed by atoms with van der Waals surface area (Å²) >= 11 is 0. The van der Waals surface area contributed by atoms with E-state index in [4.69, 9.17) is 14.2 Å². The van der Waals surface area contributed by atoms with E-state index in [1.807, 2.05) is 0 Å². The van der Waals surface area contributed by atoms with Crippen molar-refractivity contribution in [2.24, 2.45) is 0 Å². The molecule has 2 aromatic carbocycles. The van der Waals surface area contributed by atoms with Crippen molar-refractivity contribution >= 4 is 5.78 Å². The van der Waals surface area contributed by atoms with Crippen LogP contribution in [-0.4, -0.2) is 90.1 Å². The van der Waals surface area contributed by atoms with E-state index < -0.39 is 66.8 Å². The number of benzene rings is 2. The quantitative estimate of drug-likeness (QED) is 0.263. The number of rotatable bonds is 4. The SMILES string of the molecule is O=C1c2c(O)cc(O)cc2O[C@@H](c2ccc(O)c(O[C@@H]3O[C@H](CO)[C@@H](O)[C@H](O)[C@H]3O)c2)[C@@H]1O. The maximum absolute atomic E-state index is 12.6. The first kappa shape index (κ1) is 23.0. The summed E-state index contributed by atoms with van der Waals surface area (Å²) in [5.41, 5.74) is -0.158. The minimum absolute atomic E-state index is 0.140. The fourth-order valence-corrected chi connectivity index (χ4v) is 3.76. The van der Waals surface area contributed by atoms with Gasteiger partial charge in [0.15, 0.2) is 23.7 Å². The lowest BCUT2D eigenvalue weighted by Gasteiger charge is -2.39. The third-order valence-corrected chi connectivity index (χ3v) is 5.53. The van der Waals surface area contributed by atoms with Crippen molar-refractivity contribution in [1.29, 1.82) is 0 Å². The maximum Gasteiger partial charge on any atom is 0.229 e. The lowest BCUT2D eigenvalue weighted by molar-refractivity contribution is -0.277. The second-order valence-corrected chi connectivity index (χ2v) is 7.73. The molecule has 8 N–H and O–H groups in total. The number of fused-ring (bicyclic) bond motifs is 1. The van der Waals surface area contributed by atoms with Crippen LogP contribution in [0.2, 0.25) is 0 Å². The number of carbonyl (C=O) groups excluding carboxylic acids is 1. The maximum atomic E-state index is 12.6. The number of hydrogen-bond donors (Lipinski definition) is 8. The molecule has 2 aromatic rings. The molecule has 1 saturated heterocycles. The Kier molecular flexibility index (Phi) is 6.05. The lowest BCUT2D eigenvalue weighted by Crippen LogP contribution is -2.60. The summed E-state index contributed by atoms with van der Waals surface area (Å²) < 4.78 is 16.3. The monoisotopic (exact) mass is 466 g/mol.